The first kappa shape index (κ1) is 45.0. The van der Waals surface area contributed by atoms with Crippen molar-refractivity contribution >= 4 is 99.4 Å². The highest BCUT2D eigenvalue weighted by molar-refractivity contribution is 6.15. The first-order valence-corrected chi connectivity index (χ1v) is 26.6. The predicted octanol–water partition coefficient (Wildman–Crippen LogP) is 20.9. The van der Waals surface area contributed by atoms with Gasteiger partial charge < -0.3 is 18.8 Å². The van der Waals surface area contributed by atoms with E-state index >= 15 is 0 Å². The molecule has 0 spiro atoms. The number of rotatable bonds is 10. The number of aromatic nitrogens is 1. The summed E-state index contributed by atoms with van der Waals surface area (Å²) in [6.45, 7) is 0. The highest BCUT2D eigenvalue weighted by Gasteiger charge is 2.24. The van der Waals surface area contributed by atoms with E-state index in [9.17, 15) is 0 Å². The van der Waals surface area contributed by atoms with Crippen LogP contribution in [0.25, 0.3) is 104 Å². The molecule has 0 radical (unpaired) electrons. The van der Waals surface area contributed by atoms with Crippen LogP contribution in [-0.4, -0.2) is 4.57 Å². The van der Waals surface area contributed by atoms with Crippen LogP contribution >= 0.6 is 0 Å². The Kier molecular flexibility index (Phi) is 10.8. The molecular formula is C74H49N3O. The van der Waals surface area contributed by atoms with E-state index in [-0.39, 0.29) is 0 Å². The lowest BCUT2D eigenvalue weighted by Crippen LogP contribution is -2.14. The van der Waals surface area contributed by atoms with E-state index in [4.69, 9.17) is 4.42 Å². The third-order valence-electron chi connectivity index (χ3n) is 15.5. The molecule has 4 nitrogen and oxygen atoms in total. The second-order valence-corrected chi connectivity index (χ2v) is 20.1. The largest absolute Gasteiger partial charge is 0.456 e. The van der Waals surface area contributed by atoms with Gasteiger partial charge in [-0.05, 0) is 164 Å². The molecule has 4 heteroatoms. The maximum Gasteiger partial charge on any atom is 0.135 e. The monoisotopic (exact) mass is 995 g/mol. The van der Waals surface area contributed by atoms with E-state index < -0.39 is 0 Å². The zero-order chi connectivity index (χ0) is 51.5. The summed E-state index contributed by atoms with van der Waals surface area (Å²) in [5, 5.41) is 9.34. The van der Waals surface area contributed by atoms with Gasteiger partial charge in [-0.1, -0.05) is 188 Å². The van der Waals surface area contributed by atoms with Gasteiger partial charge in [0, 0.05) is 61.4 Å². The van der Waals surface area contributed by atoms with Crippen molar-refractivity contribution in [2.24, 2.45) is 0 Å². The molecule has 15 aromatic rings. The molecule has 0 aliphatic rings. The fourth-order valence-electron chi connectivity index (χ4n) is 11.9. The number of hydrogen-bond acceptors (Lipinski definition) is 3. The van der Waals surface area contributed by atoms with Crippen LogP contribution in [0.1, 0.15) is 0 Å². The normalized spacial score (nSPS) is 11.6. The molecule has 0 aliphatic heterocycles. The molecule has 0 saturated carbocycles. The van der Waals surface area contributed by atoms with Crippen LogP contribution in [-0.2, 0) is 0 Å². The summed E-state index contributed by atoms with van der Waals surface area (Å²) in [6.07, 6.45) is 0. The Morgan fingerprint density at radius 1 is 0.244 bits per heavy atom. The van der Waals surface area contributed by atoms with Crippen molar-refractivity contribution in [1.29, 1.82) is 0 Å². The van der Waals surface area contributed by atoms with Gasteiger partial charge >= 0.3 is 0 Å². The van der Waals surface area contributed by atoms with Gasteiger partial charge in [0.1, 0.15) is 11.2 Å². The summed E-state index contributed by atoms with van der Waals surface area (Å²) in [6, 6.07) is 108. The minimum Gasteiger partial charge on any atom is -0.456 e. The SMILES string of the molecule is c1ccc(-c2ccc(N(c3ccc(-c4ccccc4)cc3)c3cc(-c4cc5ccccc5c5ccccc45)cc(N(c4ccc5oc6ccccc6c5c4)c4ccc5c(c4)c4ccccc4n5-c4ccccc4)c3)cc2)cc1. The van der Waals surface area contributed by atoms with Crippen LogP contribution in [0.15, 0.2) is 302 Å². The molecule has 0 atom stereocenters. The molecule has 0 saturated heterocycles. The Morgan fingerprint density at radius 3 is 1.37 bits per heavy atom. The van der Waals surface area contributed by atoms with Crippen molar-refractivity contribution in [2.75, 3.05) is 9.80 Å². The fraction of sp³-hybridized carbons (Fsp3) is 0. The number of para-hydroxylation sites is 3. The third-order valence-corrected chi connectivity index (χ3v) is 15.5. The van der Waals surface area contributed by atoms with Gasteiger partial charge in [-0.2, -0.15) is 0 Å². The summed E-state index contributed by atoms with van der Waals surface area (Å²) < 4.78 is 8.88. The Bertz CT molecular complexity index is 4630. The first-order chi connectivity index (χ1) is 38.7. The minimum atomic E-state index is 0.849. The third kappa shape index (κ3) is 7.77. The van der Waals surface area contributed by atoms with Gasteiger partial charge in [0.15, 0.2) is 0 Å². The molecule has 0 unspecified atom stereocenters. The second kappa shape index (κ2) is 18.7. The quantitative estimate of drug-likeness (QED) is 0.128. The van der Waals surface area contributed by atoms with Gasteiger partial charge in [-0.15, -0.1) is 0 Å². The van der Waals surface area contributed by atoms with Gasteiger partial charge in [-0.3, -0.25) is 0 Å². The van der Waals surface area contributed by atoms with Crippen molar-refractivity contribution in [3.63, 3.8) is 0 Å². The standard InChI is InChI=1S/C74H49N3O/c1-4-18-50(19-5-1)52-32-36-57(37-33-52)75(58-38-34-53(35-39-58)51-20-6-2-7-21-51)61-44-55(68-46-54-22-10-11-25-63(54)64-26-12-13-27-65(64)68)45-62(47-61)76(60-41-43-74-70(49-60)67-29-15-17-31-73(67)78-74)59-40-42-72-69(48-59)66-28-14-16-30-71(66)77(72)56-23-8-3-9-24-56/h1-49H. The molecular weight excluding hydrogens is 947 g/mol. The Hall–Kier alpha value is -10.4. The number of furan rings is 1. The molecule has 0 N–H and O–H groups in total. The fourth-order valence-corrected chi connectivity index (χ4v) is 11.9. The van der Waals surface area contributed by atoms with Crippen molar-refractivity contribution in [3.8, 4) is 39.1 Å². The molecule has 0 fully saturated rings. The highest BCUT2D eigenvalue weighted by atomic mass is 16.3. The zero-order valence-electron chi connectivity index (χ0n) is 42.5. The molecule has 78 heavy (non-hydrogen) atoms. The maximum atomic E-state index is 6.50. The molecule has 15 rings (SSSR count). The summed E-state index contributed by atoms with van der Waals surface area (Å²) in [5.41, 5.74) is 18.2. The van der Waals surface area contributed by atoms with E-state index in [0.29, 0.717) is 0 Å². The van der Waals surface area contributed by atoms with E-state index in [1.54, 1.807) is 0 Å². The first-order valence-electron chi connectivity index (χ1n) is 26.6. The average molecular weight is 996 g/mol. The second-order valence-electron chi connectivity index (χ2n) is 20.1. The van der Waals surface area contributed by atoms with Crippen molar-refractivity contribution < 1.29 is 4.42 Å². The molecule has 0 amide bonds. The number of hydrogen-bond donors (Lipinski definition) is 0. The predicted molar refractivity (Wildman–Crippen MR) is 329 cm³/mol. The number of anilines is 6. The molecule has 0 aliphatic carbocycles. The van der Waals surface area contributed by atoms with Crippen molar-refractivity contribution in [2.45, 2.75) is 0 Å². The van der Waals surface area contributed by atoms with Gasteiger partial charge in [0.2, 0.25) is 0 Å². The van der Waals surface area contributed by atoms with E-state index in [1.165, 1.54) is 43.4 Å². The number of fused-ring (bicyclic) bond motifs is 9. The van der Waals surface area contributed by atoms with Crippen LogP contribution in [0.2, 0.25) is 0 Å². The molecule has 2 aromatic heterocycles. The average Bonchev–Trinajstić information content (AvgIpc) is 4.11. The lowest BCUT2D eigenvalue weighted by atomic mass is 9.92. The smallest absolute Gasteiger partial charge is 0.135 e. The summed E-state index contributed by atoms with van der Waals surface area (Å²) in [4.78, 5) is 4.86. The molecule has 13 aromatic carbocycles. The Balaban J connectivity index is 1.02. The van der Waals surface area contributed by atoms with Crippen LogP contribution in [0, 0.1) is 0 Å². The zero-order valence-corrected chi connectivity index (χ0v) is 42.5. The highest BCUT2D eigenvalue weighted by Crippen LogP contribution is 2.48. The lowest BCUT2D eigenvalue weighted by molar-refractivity contribution is 0.669. The van der Waals surface area contributed by atoms with Gasteiger partial charge in [-0.25, -0.2) is 0 Å². The van der Waals surface area contributed by atoms with Gasteiger partial charge in [0.05, 0.1) is 11.0 Å². The summed E-state index contributed by atoms with van der Waals surface area (Å²) >= 11 is 0. The number of benzene rings is 13. The topological polar surface area (TPSA) is 24.6 Å². The van der Waals surface area contributed by atoms with E-state index in [1.807, 2.05) is 6.07 Å². The van der Waals surface area contributed by atoms with Crippen LogP contribution in [0.3, 0.4) is 0 Å². The van der Waals surface area contributed by atoms with E-state index in [2.05, 4.69) is 306 Å². The molecule has 0 bridgehead atoms. The number of nitrogens with zero attached hydrogens (tertiary/aromatic N) is 3. The maximum absolute atomic E-state index is 6.50. The van der Waals surface area contributed by atoms with Crippen LogP contribution in [0.5, 0.6) is 0 Å². The van der Waals surface area contributed by atoms with Crippen molar-refractivity contribution in [3.05, 3.63) is 297 Å². The summed E-state index contributed by atoms with van der Waals surface area (Å²) in [5.74, 6) is 0. The summed E-state index contributed by atoms with van der Waals surface area (Å²) in [7, 11) is 0. The Labute approximate surface area is 452 Å². The van der Waals surface area contributed by atoms with Crippen LogP contribution in [0.4, 0.5) is 34.1 Å². The minimum absolute atomic E-state index is 0.849. The van der Waals surface area contributed by atoms with Gasteiger partial charge in [0.25, 0.3) is 0 Å². The Morgan fingerprint density at radius 2 is 0.705 bits per heavy atom. The van der Waals surface area contributed by atoms with Crippen LogP contribution < -0.4 is 9.80 Å². The molecule has 366 valence electrons. The van der Waals surface area contributed by atoms with Crippen molar-refractivity contribution in [1.82, 2.24) is 4.57 Å². The molecule has 2 heterocycles. The lowest BCUT2D eigenvalue weighted by Gasteiger charge is -2.31. The van der Waals surface area contributed by atoms with E-state index in [0.717, 1.165) is 95.0 Å².